The summed E-state index contributed by atoms with van der Waals surface area (Å²) in [7, 11) is -0.705. The van der Waals surface area contributed by atoms with Gasteiger partial charge in [-0.1, -0.05) is 38.1 Å². The highest BCUT2D eigenvalue weighted by molar-refractivity contribution is 7.89. The molecule has 1 aliphatic rings. The van der Waals surface area contributed by atoms with Gasteiger partial charge in [-0.25, -0.2) is 8.42 Å². The number of nitrogens with one attached hydrogen (secondary N) is 1. The Balaban J connectivity index is 1.58. The number of carbonyl (C=O) groups is 1. The van der Waals surface area contributed by atoms with E-state index in [2.05, 4.69) is 43.4 Å². The van der Waals surface area contributed by atoms with Gasteiger partial charge in [0.15, 0.2) is 11.5 Å². The SMILES string of the molecule is COc1ccc(S(=O)(=O)N2CCC(C(=O)NC(C)c3ccc(CC(C)C)cc3)CC2)cc1OC. The minimum absolute atomic E-state index is 0.0260. The van der Waals surface area contributed by atoms with E-state index in [0.717, 1.165) is 12.0 Å². The molecule has 1 fully saturated rings. The van der Waals surface area contributed by atoms with E-state index < -0.39 is 10.0 Å². The number of rotatable bonds is 9. The molecule has 1 heterocycles. The van der Waals surface area contributed by atoms with Crippen molar-refractivity contribution in [3.05, 3.63) is 53.6 Å². The third kappa shape index (κ3) is 6.10. The first-order valence-corrected chi connectivity index (χ1v) is 13.2. The van der Waals surface area contributed by atoms with Crippen LogP contribution >= 0.6 is 0 Å². The Morgan fingerprint density at radius 3 is 2.18 bits per heavy atom. The minimum Gasteiger partial charge on any atom is -0.493 e. The first kappa shape index (κ1) is 26.0. The smallest absolute Gasteiger partial charge is 0.243 e. The molecule has 2 aromatic rings. The van der Waals surface area contributed by atoms with Gasteiger partial charge in [0.25, 0.3) is 0 Å². The van der Waals surface area contributed by atoms with Crippen molar-refractivity contribution in [3.8, 4) is 11.5 Å². The number of ether oxygens (including phenoxy) is 2. The molecule has 8 heteroatoms. The van der Waals surface area contributed by atoms with Crippen molar-refractivity contribution in [2.45, 2.75) is 51.0 Å². The Bertz CT molecular complexity index is 1070. The highest BCUT2D eigenvalue weighted by Gasteiger charge is 2.33. The predicted molar refractivity (Wildman–Crippen MR) is 133 cm³/mol. The van der Waals surface area contributed by atoms with E-state index in [1.807, 2.05) is 6.92 Å². The van der Waals surface area contributed by atoms with Crippen molar-refractivity contribution >= 4 is 15.9 Å². The van der Waals surface area contributed by atoms with Crippen LogP contribution in [0.3, 0.4) is 0 Å². The maximum absolute atomic E-state index is 13.1. The van der Waals surface area contributed by atoms with Gasteiger partial charge in [-0.05, 0) is 55.4 Å². The van der Waals surface area contributed by atoms with Crippen LogP contribution in [0.4, 0.5) is 0 Å². The number of hydrogen-bond donors (Lipinski definition) is 1. The summed E-state index contributed by atoms with van der Waals surface area (Å²) in [6.45, 7) is 6.97. The molecule has 1 N–H and O–H groups in total. The molecule has 0 spiro atoms. The summed E-state index contributed by atoms with van der Waals surface area (Å²) in [4.78, 5) is 13.0. The van der Waals surface area contributed by atoms with Gasteiger partial charge in [0, 0.05) is 25.1 Å². The van der Waals surface area contributed by atoms with Crippen LogP contribution in [0.1, 0.15) is 50.8 Å². The monoisotopic (exact) mass is 488 g/mol. The van der Waals surface area contributed by atoms with Crippen molar-refractivity contribution in [2.75, 3.05) is 27.3 Å². The molecule has 0 saturated carbocycles. The molecule has 1 atom stereocenters. The van der Waals surface area contributed by atoms with Crippen molar-refractivity contribution in [3.63, 3.8) is 0 Å². The van der Waals surface area contributed by atoms with Crippen LogP contribution < -0.4 is 14.8 Å². The highest BCUT2D eigenvalue weighted by atomic mass is 32.2. The summed E-state index contributed by atoms with van der Waals surface area (Å²) in [5.74, 6) is 1.20. The van der Waals surface area contributed by atoms with Crippen LogP contribution in [-0.4, -0.2) is 45.9 Å². The number of benzene rings is 2. The summed E-state index contributed by atoms with van der Waals surface area (Å²) >= 11 is 0. The standard InChI is InChI=1S/C26H36N2O5S/c1-18(2)16-20-6-8-21(9-7-20)19(3)27-26(29)22-12-14-28(15-13-22)34(30,31)23-10-11-24(32-4)25(17-23)33-5/h6-11,17-19,22H,12-16H2,1-5H3,(H,27,29). The summed E-state index contributed by atoms with van der Waals surface area (Å²) in [6.07, 6.45) is 2.00. The lowest BCUT2D eigenvalue weighted by molar-refractivity contribution is -0.126. The van der Waals surface area contributed by atoms with Gasteiger partial charge >= 0.3 is 0 Å². The van der Waals surface area contributed by atoms with Crippen molar-refractivity contribution < 1.29 is 22.7 Å². The second-order valence-electron chi connectivity index (χ2n) is 9.26. The molecule has 0 aromatic heterocycles. The molecule has 2 aromatic carbocycles. The highest BCUT2D eigenvalue weighted by Crippen LogP contribution is 2.32. The number of nitrogens with zero attached hydrogens (tertiary/aromatic N) is 1. The quantitative estimate of drug-likeness (QED) is 0.572. The molecule has 1 unspecified atom stereocenters. The molecule has 1 amide bonds. The topological polar surface area (TPSA) is 84.9 Å². The summed E-state index contributed by atoms with van der Waals surface area (Å²) in [6, 6.07) is 12.9. The maximum atomic E-state index is 13.1. The van der Waals surface area contributed by atoms with Crippen LogP contribution in [0.2, 0.25) is 0 Å². The second kappa shape index (κ2) is 11.2. The molecular formula is C26H36N2O5S. The van der Waals surface area contributed by atoms with Gasteiger partial charge in [0.1, 0.15) is 0 Å². The lowest BCUT2D eigenvalue weighted by Gasteiger charge is -2.31. The van der Waals surface area contributed by atoms with E-state index in [9.17, 15) is 13.2 Å². The predicted octanol–water partition coefficient (Wildman–Crippen LogP) is 4.18. The Hall–Kier alpha value is -2.58. The first-order valence-electron chi connectivity index (χ1n) is 11.8. The fraction of sp³-hybridized carbons (Fsp3) is 0.500. The molecule has 0 radical (unpaired) electrons. The van der Waals surface area contributed by atoms with Gasteiger partial charge < -0.3 is 14.8 Å². The molecule has 3 rings (SSSR count). The molecule has 0 bridgehead atoms. The van der Waals surface area contributed by atoms with Crippen molar-refractivity contribution in [1.82, 2.24) is 9.62 Å². The Morgan fingerprint density at radius 1 is 1.00 bits per heavy atom. The van der Waals surface area contributed by atoms with E-state index in [4.69, 9.17) is 9.47 Å². The largest absolute Gasteiger partial charge is 0.493 e. The molecule has 1 saturated heterocycles. The number of sulfonamides is 1. The second-order valence-corrected chi connectivity index (χ2v) is 11.2. The molecule has 1 aliphatic heterocycles. The van der Waals surface area contributed by atoms with E-state index in [1.54, 1.807) is 6.07 Å². The molecule has 0 aliphatic carbocycles. The van der Waals surface area contributed by atoms with E-state index in [1.165, 1.54) is 36.2 Å². The third-order valence-electron chi connectivity index (χ3n) is 6.30. The molecule has 7 nitrogen and oxygen atoms in total. The van der Waals surface area contributed by atoms with Crippen LogP contribution in [0.25, 0.3) is 0 Å². The van der Waals surface area contributed by atoms with Crippen LogP contribution in [0.5, 0.6) is 11.5 Å². The normalized spacial score (nSPS) is 16.3. The molecule has 34 heavy (non-hydrogen) atoms. The average molecular weight is 489 g/mol. The first-order chi connectivity index (χ1) is 16.1. The maximum Gasteiger partial charge on any atom is 0.243 e. The summed E-state index contributed by atoms with van der Waals surface area (Å²) in [5, 5.41) is 3.10. The Labute approximate surface area is 203 Å². The zero-order valence-electron chi connectivity index (χ0n) is 20.7. The van der Waals surface area contributed by atoms with Gasteiger partial charge in [-0.15, -0.1) is 0 Å². The van der Waals surface area contributed by atoms with Gasteiger partial charge in [0.05, 0.1) is 25.2 Å². The molecular weight excluding hydrogens is 452 g/mol. The number of amides is 1. The fourth-order valence-electron chi connectivity index (χ4n) is 4.31. The summed E-state index contributed by atoms with van der Waals surface area (Å²) < 4.78 is 38.1. The van der Waals surface area contributed by atoms with Crippen LogP contribution in [0, 0.1) is 11.8 Å². The van der Waals surface area contributed by atoms with E-state index in [0.29, 0.717) is 43.3 Å². The summed E-state index contributed by atoms with van der Waals surface area (Å²) in [5.41, 5.74) is 2.36. The van der Waals surface area contributed by atoms with Crippen molar-refractivity contribution in [2.24, 2.45) is 11.8 Å². The van der Waals surface area contributed by atoms with Gasteiger partial charge in [-0.3, -0.25) is 4.79 Å². The third-order valence-corrected chi connectivity index (χ3v) is 8.19. The van der Waals surface area contributed by atoms with Crippen molar-refractivity contribution in [1.29, 1.82) is 0 Å². The Kier molecular flexibility index (Phi) is 8.60. The lowest BCUT2D eigenvalue weighted by atomic mass is 9.96. The molecule has 186 valence electrons. The average Bonchev–Trinajstić information content (AvgIpc) is 2.83. The zero-order chi connectivity index (χ0) is 24.9. The van der Waals surface area contributed by atoms with E-state index in [-0.39, 0.29) is 22.8 Å². The van der Waals surface area contributed by atoms with E-state index >= 15 is 0 Å². The number of hydrogen-bond acceptors (Lipinski definition) is 5. The lowest BCUT2D eigenvalue weighted by Crippen LogP contribution is -2.43. The number of methoxy groups -OCH3 is 2. The zero-order valence-corrected chi connectivity index (χ0v) is 21.5. The number of piperidine rings is 1. The minimum atomic E-state index is -3.68. The number of carbonyl (C=O) groups excluding carboxylic acids is 1. The van der Waals surface area contributed by atoms with Crippen LogP contribution in [0.15, 0.2) is 47.4 Å². The fourth-order valence-corrected chi connectivity index (χ4v) is 5.80. The van der Waals surface area contributed by atoms with Gasteiger partial charge in [0.2, 0.25) is 15.9 Å². The van der Waals surface area contributed by atoms with Crippen LogP contribution in [-0.2, 0) is 21.2 Å². The van der Waals surface area contributed by atoms with Gasteiger partial charge in [-0.2, -0.15) is 4.31 Å². The Morgan fingerprint density at radius 2 is 1.62 bits per heavy atom.